The molecule has 150 valence electrons. The van der Waals surface area contributed by atoms with Crippen molar-refractivity contribution in [3.8, 4) is 11.5 Å². The van der Waals surface area contributed by atoms with E-state index < -0.39 is 10.0 Å². The molecule has 9 heteroatoms. The summed E-state index contributed by atoms with van der Waals surface area (Å²) >= 11 is 0. The molecule has 0 bridgehead atoms. The second-order valence-corrected chi connectivity index (χ2v) is 8.71. The molecule has 1 aliphatic heterocycles. The van der Waals surface area contributed by atoms with Crippen molar-refractivity contribution in [1.82, 2.24) is 14.9 Å². The predicted octanol–water partition coefficient (Wildman–Crippen LogP) is 1.74. The molecule has 1 heterocycles. The molecule has 2 atom stereocenters. The Labute approximate surface area is 161 Å². The summed E-state index contributed by atoms with van der Waals surface area (Å²) in [7, 11) is -0.797. The molecule has 3 rings (SSSR count). The monoisotopic (exact) mass is 396 g/mol. The summed E-state index contributed by atoms with van der Waals surface area (Å²) in [5, 5.41) is 3.09. The molecule has 1 aromatic carbocycles. The van der Waals surface area contributed by atoms with Crippen LogP contribution in [0.15, 0.2) is 28.1 Å². The van der Waals surface area contributed by atoms with Crippen molar-refractivity contribution in [2.75, 3.05) is 27.6 Å². The summed E-state index contributed by atoms with van der Waals surface area (Å²) in [6, 6.07) is 4.97. The first-order chi connectivity index (χ1) is 12.9. The summed E-state index contributed by atoms with van der Waals surface area (Å²) in [5.74, 6) is 1.74. The Hall–Kier alpha value is -2.00. The zero-order valence-electron chi connectivity index (χ0n) is 16.1. The number of nitrogens with zero attached hydrogens (tertiary/aromatic N) is 2. The second kappa shape index (κ2) is 8.35. The third-order valence-electron chi connectivity index (χ3n) is 5.29. The summed E-state index contributed by atoms with van der Waals surface area (Å²) in [5.41, 5.74) is 0. The van der Waals surface area contributed by atoms with Crippen molar-refractivity contribution in [3.63, 3.8) is 0 Å². The van der Waals surface area contributed by atoms with Crippen LogP contribution in [0.2, 0.25) is 0 Å². The number of ether oxygens (including phenoxy) is 2. The molecular formula is C18H28N4O4S. The smallest absolute Gasteiger partial charge is 0.264 e. The van der Waals surface area contributed by atoms with Gasteiger partial charge in [0.2, 0.25) is 5.96 Å². The average molecular weight is 397 g/mol. The Bertz CT molecular complexity index is 797. The molecule has 1 fully saturated rings. The fourth-order valence-corrected chi connectivity index (χ4v) is 4.76. The van der Waals surface area contributed by atoms with Gasteiger partial charge in [-0.25, -0.2) is 18.1 Å². The lowest BCUT2D eigenvalue weighted by atomic mass is 9.85. The van der Waals surface area contributed by atoms with Gasteiger partial charge in [0.05, 0.1) is 32.5 Å². The normalized spacial score (nSPS) is 23.9. The first-order valence-corrected chi connectivity index (χ1v) is 10.7. The number of hydrogen-bond donors (Lipinski definition) is 2. The van der Waals surface area contributed by atoms with E-state index in [9.17, 15) is 8.42 Å². The number of hydrogen-bond acceptors (Lipinski definition) is 7. The van der Waals surface area contributed by atoms with E-state index >= 15 is 0 Å². The fraction of sp³-hybridized carbons (Fsp3) is 0.611. The maximum atomic E-state index is 12.7. The Morgan fingerprint density at radius 2 is 1.93 bits per heavy atom. The van der Waals surface area contributed by atoms with Gasteiger partial charge in [-0.15, -0.1) is 0 Å². The number of nitrogens with one attached hydrogen (secondary N) is 2. The lowest BCUT2D eigenvalue weighted by molar-refractivity contribution is 0.106. The number of sulfonamides is 1. The molecule has 0 amide bonds. The van der Waals surface area contributed by atoms with Gasteiger partial charge in [-0.1, -0.05) is 19.8 Å². The predicted molar refractivity (Wildman–Crippen MR) is 103 cm³/mol. The molecule has 0 spiro atoms. The van der Waals surface area contributed by atoms with Crippen LogP contribution in [0.5, 0.6) is 11.5 Å². The van der Waals surface area contributed by atoms with E-state index in [4.69, 9.17) is 9.47 Å². The van der Waals surface area contributed by atoms with Gasteiger partial charge in [0.25, 0.3) is 10.0 Å². The maximum Gasteiger partial charge on any atom is 0.264 e. The van der Waals surface area contributed by atoms with Crippen molar-refractivity contribution in [2.45, 2.75) is 43.5 Å². The lowest BCUT2D eigenvalue weighted by Crippen LogP contribution is -2.54. The third-order valence-corrected chi connectivity index (χ3v) is 6.63. The molecule has 0 aromatic heterocycles. The van der Waals surface area contributed by atoms with Crippen LogP contribution < -0.4 is 19.5 Å². The van der Waals surface area contributed by atoms with Gasteiger partial charge in [0, 0.05) is 12.1 Å². The highest BCUT2D eigenvalue weighted by molar-refractivity contribution is 7.90. The van der Waals surface area contributed by atoms with Crippen LogP contribution in [0.4, 0.5) is 0 Å². The summed E-state index contributed by atoms with van der Waals surface area (Å²) in [4.78, 5) is 6.76. The minimum Gasteiger partial charge on any atom is -0.493 e. The van der Waals surface area contributed by atoms with Crippen molar-refractivity contribution in [2.24, 2.45) is 10.9 Å². The van der Waals surface area contributed by atoms with Crippen molar-refractivity contribution in [3.05, 3.63) is 18.2 Å². The molecule has 2 aliphatic rings. The van der Waals surface area contributed by atoms with Crippen LogP contribution in [-0.2, 0) is 10.0 Å². The standard InChI is InChI=1S/C18H28N4O4S/c1-13-6-4-5-7-15(13)22-11-19-18(20-12-22)21-27(23,24)14-8-9-16(25-2)17(10-14)26-3/h8-10,13,15H,4-7,11-12H2,1-3H3,(H2,19,20,21). The Morgan fingerprint density at radius 3 is 2.56 bits per heavy atom. The molecule has 1 aromatic rings. The van der Waals surface area contributed by atoms with Gasteiger partial charge in [-0.3, -0.25) is 4.90 Å². The van der Waals surface area contributed by atoms with Gasteiger partial charge < -0.3 is 14.8 Å². The van der Waals surface area contributed by atoms with Gasteiger partial charge in [0.15, 0.2) is 11.5 Å². The summed E-state index contributed by atoms with van der Waals surface area (Å²) < 4.78 is 38.2. The molecule has 0 radical (unpaired) electrons. The minimum absolute atomic E-state index is 0.0907. The minimum atomic E-state index is -3.77. The second-order valence-electron chi connectivity index (χ2n) is 7.02. The lowest BCUT2D eigenvalue weighted by Gasteiger charge is -2.39. The zero-order valence-corrected chi connectivity index (χ0v) is 16.9. The van der Waals surface area contributed by atoms with Crippen molar-refractivity contribution < 1.29 is 17.9 Å². The highest BCUT2D eigenvalue weighted by atomic mass is 32.2. The zero-order chi connectivity index (χ0) is 19.4. The molecule has 2 N–H and O–H groups in total. The van der Waals surface area contributed by atoms with Gasteiger partial charge in [-0.2, -0.15) is 0 Å². The van der Waals surface area contributed by atoms with Crippen LogP contribution in [0.1, 0.15) is 32.6 Å². The molecule has 0 saturated heterocycles. The largest absolute Gasteiger partial charge is 0.493 e. The molecule has 8 nitrogen and oxygen atoms in total. The average Bonchev–Trinajstić information content (AvgIpc) is 2.68. The van der Waals surface area contributed by atoms with Gasteiger partial charge in [0.1, 0.15) is 0 Å². The number of guanidine groups is 1. The van der Waals surface area contributed by atoms with E-state index in [2.05, 4.69) is 26.9 Å². The maximum absolute atomic E-state index is 12.7. The number of methoxy groups -OCH3 is 2. The van der Waals surface area contributed by atoms with E-state index in [0.717, 1.165) is 0 Å². The van der Waals surface area contributed by atoms with Crippen LogP contribution in [-0.4, -0.2) is 52.9 Å². The van der Waals surface area contributed by atoms with Gasteiger partial charge >= 0.3 is 0 Å². The van der Waals surface area contributed by atoms with Crippen LogP contribution >= 0.6 is 0 Å². The highest BCUT2D eigenvalue weighted by Crippen LogP contribution is 2.30. The highest BCUT2D eigenvalue weighted by Gasteiger charge is 2.29. The van der Waals surface area contributed by atoms with Crippen molar-refractivity contribution in [1.29, 1.82) is 0 Å². The Kier molecular flexibility index (Phi) is 6.11. The van der Waals surface area contributed by atoms with Crippen LogP contribution in [0.3, 0.4) is 0 Å². The quantitative estimate of drug-likeness (QED) is 0.788. The Balaban J connectivity index is 1.68. The third kappa shape index (κ3) is 4.47. The number of aliphatic imine (C=N–C) groups is 1. The molecule has 2 unspecified atom stereocenters. The van der Waals surface area contributed by atoms with Crippen LogP contribution in [0.25, 0.3) is 0 Å². The first-order valence-electron chi connectivity index (χ1n) is 9.22. The Morgan fingerprint density at radius 1 is 1.19 bits per heavy atom. The molecule has 1 saturated carbocycles. The van der Waals surface area contributed by atoms with E-state index in [0.29, 0.717) is 36.8 Å². The van der Waals surface area contributed by atoms with E-state index in [1.807, 2.05) is 0 Å². The summed E-state index contributed by atoms with van der Waals surface area (Å²) in [6.45, 7) is 3.36. The number of benzene rings is 1. The fourth-order valence-electron chi connectivity index (χ4n) is 3.74. The molecule has 27 heavy (non-hydrogen) atoms. The molecule has 1 aliphatic carbocycles. The van der Waals surface area contributed by atoms with E-state index in [-0.39, 0.29) is 10.9 Å². The van der Waals surface area contributed by atoms with E-state index in [1.54, 1.807) is 6.07 Å². The summed E-state index contributed by atoms with van der Waals surface area (Å²) in [6.07, 6.45) is 4.95. The van der Waals surface area contributed by atoms with Gasteiger partial charge in [-0.05, 0) is 30.9 Å². The topological polar surface area (TPSA) is 92.3 Å². The van der Waals surface area contributed by atoms with E-state index in [1.165, 1.54) is 52.0 Å². The van der Waals surface area contributed by atoms with Crippen molar-refractivity contribution >= 4 is 16.0 Å². The SMILES string of the molecule is COc1ccc(S(=O)(=O)NC2=NCN(C3CCCCC3C)CN2)cc1OC. The molecular weight excluding hydrogens is 368 g/mol. The number of rotatable bonds is 5. The van der Waals surface area contributed by atoms with Crippen LogP contribution in [0, 0.1) is 5.92 Å². The first kappa shape index (κ1) is 19.8.